The highest BCUT2D eigenvalue weighted by atomic mass is 16.5. The van der Waals surface area contributed by atoms with Crippen LogP contribution in [0.1, 0.15) is 19.5 Å². The molecule has 0 aliphatic carbocycles. The summed E-state index contributed by atoms with van der Waals surface area (Å²) < 4.78 is 6.89. The standard InChI is InChI=1S/C9H17N3O2/c1-7(2)14-6-9(13)4-8-5-12(3)11-10-8/h5,7,9,13H,4,6H2,1-3H3. The van der Waals surface area contributed by atoms with Crippen molar-refractivity contribution < 1.29 is 9.84 Å². The molecule has 0 saturated carbocycles. The molecule has 0 aromatic carbocycles. The van der Waals surface area contributed by atoms with Crippen LogP contribution in [0.4, 0.5) is 0 Å². The number of ether oxygens (including phenoxy) is 1. The van der Waals surface area contributed by atoms with Crippen molar-refractivity contribution in [1.29, 1.82) is 0 Å². The first kappa shape index (κ1) is 11.1. The van der Waals surface area contributed by atoms with Crippen LogP contribution in [0, 0.1) is 0 Å². The van der Waals surface area contributed by atoms with Gasteiger partial charge in [0.2, 0.25) is 0 Å². The molecule has 0 fully saturated rings. The second-order valence-corrected chi connectivity index (χ2v) is 3.62. The summed E-state index contributed by atoms with van der Waals surface area (Å²) in [6.07, 6.45) is 1.92. The third kappa shape index (κ3) is 3.85. The van der Waals surface area contributed by atoms with E-state index in [1.807, 2.05) is 13.8 Å². The second kappa shape index (κ2) is 5.07. The maximum absolute atomic E-state index is 9.56. The maximum Gasteiger partial charge on any atom is 0.0853 e. The Morgan fingerprint density at radius 3 is 2.79 bits per heavy atom. The molecule has 0 radical (unpaired) electrons. The Balaban J connectivity index is 2.30. The van der Waals surface area contributed by atoms with Gasteiger partial charge in [-0.2, -0.15) is 0 Å². The Kier molecular flexibility index (Phi) is 4.03. The Bertz CT molecular complexity index is 273. The number of aromatic nitrogens is 3. The van der Waals surface area contributed by atoms with Crippen molar-refractivity contribution in [2.45, 2.75) is 32.5 Å². The minimum Gasteiger partial charge on any atom is -0.390 e. The number of aliphatic hydroxyl groups excluding tert-OH is 1. The third-order valence-corrected chi connectivity index (χ3v) is 1.72. The van der Waals surface area contributed by atoms with Crippen LogP contribution in [0.3, 0.4) is 0 Å². The Morgan fingerprint density at radius 2 is 2.29 bits per heavy atom. The first-order chi connectivity index (χ1) is 6.58. The molecule has 0 aliphatic heterocycles. The van der Waals surface area contributed by atoms with Crippen molar-refractivity contribution in [2.24, 2.45) is 7.05 Å². The van der Waals surface area contributed by atoms with E-state index in [2.05, 4.69) is 10.3 Å². The first-order valence-corrected chi connectivity index (χ1v) is 4.73. The van der Waals surface area contributed by atoms with E-state index >= 15 is 0 Å². The Morgan fingerprint density at radius 1 is 1.57 bits per heavy atom. The average molecular weight is 199 g/mol. The SMILES string of the molecule is CC(C)OCC(O)Cc1cn(C)nn1. The number of aliphatic hydroxyl groups is 1. The predicted molar refractivity (Wildman–Crippen MR) is 51.8 cm³/mol. The summed E-state index contributed by atoms with van der Waals surface area (Å²) in [4.78, 5) is 0. The van der Waals surface area contributed by atoms with Crippen LogP contribution in [0.5, 0.6) is 0 Å². The van der Waals surface area contributed by atoms with Crippen LogP contribution < -0.4 is 0 Å². The van der Waals surface area contributed by atoms with Gasteiger partial charge in [-0.05, 0) is 13.8 Å². The Labute approximate surface area is 83.7 Å². The zero-order valence-corrected chi connectivity index (χ0v) is 8.84. The van der Waals surface area contributed by atoms with Crippen LogP contribution >= 0.6 is 0 Å². The summed E-state index contributed by atoms with van der Waals surface area (Å²) >= 11 is 0. The fraction of sp³-hybridized carbons (Fsp3) is 0.778. The zero-order chi connectivity index (χ0) is 10.6. The van der Waals surface area contributed by atoms with Gasteiger partial charge in [0.25, 0.3) is 0 Å². The van der Waals surface area contributed by atoms with Gasteiger partial charge in [0.05, 0.1) is 24.5 Å². The molecule has 1 aromatic heterocycles. The molecule has 1 atom stereocenters. The molecule has 0 bridgehead atoms. The van der Waals surface area contributed by atoms with Crippen LogP contribution in [0.2, 0.25) is 0 Å². The van der Waals surface area contributed by atoms with Gasteiger partial charge < -0.3 is 9.84 Å². The van der Waals surface area contributed by atoms with Crippen molar-refractivity contribution in [2.75, 3.05) is 6.61 Å². The molecule has 80 valence electrons. The second-order valence-electron chi connectivity index (χ2n) is 3.62. The topological polar surface area (TPSA) is 60.2 Å². The normalized spacial score (nSPS) is 13.5. The van der Waals surface area contributed by atoms with Crippen molar-refractivity contribution in [3.8, 4) is 0 Å². The quantitative estimate of drug-likeness (QED) is 0.733. The van der Waals surface area contributed by atoms with Gasteiger partial charge in [-0.1, -0.05) is 5.21 Å². The summed E-state index contributed by atoms with van der Waals surface area (Å²) in [6, 6.07) is 0. The molecule has 1 heterocycles. The first-order valence-electron chi connectivity index (χ1n) is 4.73. The number of hydrogen-bond acceptors (Lipinski definition) is 4. The smallest absolute Gasteiger partial charge is 0.0853 e. The van der Waals surface area contributed by atoms with Gasteiger partial charge in [-0.25, -0.2) is 0 Å². The summed E-state index contributed by atoms with van der Waals surface area (Å²) in [5.41, 5.74) is 0.785. The lowest BCUT2D eigenvalue weighted by Gasteiger charge is -2.11. The van der Waals surface area contributed by atoms with Crippen molar-refractivity contribution in [3.63, 3.8) is 0 Å². The fourth-order valence-electron chi connectivity index (χ4n) is 1.09. The fourth-order valence-corrected chi connectivity index (χ4v) is 1.09. The number of nitrogens with zero attached hydrogens (tertiary/aromatic N) is 3. The van der Waals surface area contributed by atoms with E-state index in [1.165, 1.54) is 0 Å². The van der Waals surface area contributed by atoms with E-state index in [0.29, 0.717) is 13.0 Å². The molecule has 14 heavy (non-hydrogen) atoms. The van der Waals surface area contributed by atoms with E-state index in [9.17, 15) is 5.11 Å². The van der Waals surface area contributed by atoms with E-state index in [0.717, 1.165) is 5.69 Å². The summed E-state index contributed by atoms with van der Waals surface area (Å²) in [5, 5.41) is 17.2. The average Bonchev–Trinajstić information content (AvgIpc) is 2.48. The monoisotopic (exact) mass is 199 g/mol. The van der Waals surface area contributed by atoms with Gasteiger partial charge in [0.15, 0.2) is 0 Å². The minimum atomic E-state index is -0.505. The lowest BCUT2D eigenvalue weighted by atomic mass is 10.2. The largest absolute Gasteiger partial charge is 0.390 e. The Hall–Kier alpha value is -0.940. The summed E-state index contributed by atoms with van der Waals surface area (Å²) in [5.74, 6) is 0. The van der Waals surface area contributed by atoms with Gasteiger partial charge in [-0.3, -0.25) is 4.68 Å². The number of hydrogen-bond donors (Lipinski definition) is 1. The van der Waals surface area contributed by atoms with Crippen LogP contribution in [-0.4, -0.2) is 38.9 Å². The van der Waals surface area contributed by atoms with Gasteiger partial charge in [0.1, 0.15) is 0 Å². The van der Waals surface area contributed by atoms with E-state index in [1.54, 1.807) is 17.9 Å². The third-order valence-electron chi connectivity index (χ3n) is 1.72. The van der Waals surface area contributed by atoms with Gasteiger partial charge in [-0.15, -0.1) is 5.10 Å². The van der Waals surface area contributed by atoms with E-state index in [-0.39, 0.29) is 6.10 Å². The van der Waals surface area contributed by atoms with Crippen LogP contribution in [0.25, 0.3) is 0 Å². The van der Waals surface area contributed by atoms with E-state index < -0.39 is 6.10 Å². The molecule has 1 aromatic rings. The van der Waals surface area contributed by atoms with Crippen molar-refractivity contribution >= 4 is 0 Å². The van der Waals surface area contributed by atoms with Gasteiger partial charge in [0, 0.05) is 19.7 Å². The number of rotatable bonds is 5. The van der Waals surface area contributed by atoms with Crippen molar-refractivity contribution in [1.82, 2.24) is 15.0 Å². The maximum atomic E-state index is 9.56. The lowest BCUT2D eigenvalue weighted by molar-refractivity contribution is 0.00585. The predicted octanol–water partition coefficient (Wildman–Crippen LogP) is 0.143. The molecule has 5 heteroatoms. The van der Waals surface area contributed by atoms with Crippen molar-refractivity contribution in [3.05, 3.63) is 11.9 Å². The molecule has 0 amide bonds. The molecule has 1 rings (SSSR count). The van der Waals surface area contributed by atoms with E-state index in [4.69, 9.17) is 4.74 Å². The van der Waals surface area contributed by atoms with Crippen LogP contribution in [-0.2, 0) is 18.2 Å². The molecule has 0 saturated heterocycles. The molecule has 0 spiro atoms. The molecule has 5 nitrogen and oxygen atoms in total. The van der Waals surface area contributed by atoms with Crippen LogP contribution in [0.15, 0.2) is 6.20 Å². The minimum absolute atomic E-state index is 0.145. The zero-order valence-electron chi connectivity index (χ0n) is 8.84. The molecular formula is C9H17N3O2. The molecule has 0 aliphatic rings. The lowest BCUT2D eigenvalue weighted by Crippen LogP contribution is -2.20. The highest BCUT2D eigenvalue weighted by Gasteiger charge is 2.09. The van der Waals surface area contributed by atoms with Gasteiger partial charge >= 0.3 is 0 Å². The summed E-state index contributed by atoms with van der Waals surface area (Å²) in [6.45, 7) is 4.22. The molecule has 1 N–H and O–H groups in total. The number of aryl methyl sites for hydroxylation is 1. The highest BCUT2D eigenvalue weighted by molar-refractivity contribution is 4.93. The molecule has 1 unspecified atom stereocenters. The molecular weight excluding hydrogens is 182 g/mol. The highest BCUT2D eigenvalue weighted by Crippen LogP contribution is 2.00. The summed E-state index contributed by atoms with van der Waals surface area (Å²) in [7, 11) is 1.80.